The van der Waals surface area contributed by atoms with Crippen LogP contribution in [0.5, 0.6) is 0 Å². The molecular formula is C25H31F2NO. The standard InChI is InChI=1S/C25H31F2NO/c1-4-7-18-8-5-6-9-19(18)14-23-16-29-25(28-23)21-11-10-20(15-24(26)27)22(13-21)12-17(2)3/h5-6,8-11,13,16-17,24-25,28H,4,7,12,14-15H2,1-3H3. The molecule has 156 valence electrons. The second-order valence-electron chi connectivity index (χ2n) is 8.22. The average molecular weight is 400 g/mol. The smallest absolute Gasteiger partial charge is 0.242 e. The van der Waals surface area contributed by atoms with E-state index >= 15 is 0 Å². The Morgan fingerprint density at radius 3 is 2.41 bits per heavy atom. The van der Waals surface area contributed by atoms with Crippen LogP contribution in [0.3, 0.4) is 0 Å². The second-order valence-corrected chi connectivity index (χ2v) is 8.22. The van der Waals surface area contributed by atoms with E-state index in [1.807, 2.05) is 18.2 Å². The van der Waals surface area contributed by atoms with E-state index < -0.39 is 6.43 Å². The number of alkyl halides is 2. The van der Waals surface area contributed by atoms with Crippen LogP contribution in [-0.4, -0.2) is 6.43 Å². The van der Waals surface area contributed by atoms with Crippen molar-refractivity contribution in [2.45, 2.75) is 65.5 Å². The first-order valence-electron chi connectivity index (χ1n) is 10.5. The lowest BCUT2D eigenvalue weighted by Crippen LogP contribution is -2.18. The maximum atomic E-state index is 12.9. The summed E-state index contributed by atoms with van der Waals surface area (Å²) >= 11 is 0. The van der Waals surface area contributed by atoms with E-state index in [2.05, 4.69) is 50.4 Å². The molecule has 0 saturated heterocycles. The molecule has 1 unspecified atom stereocenters. The van der Waals surface area contributed by atoms with Crippen LogP contribution in [0.25, 0.3) is 0 Å². The maximum absolute atomic E-state index is 12.9. The molecule has 1 atom stereocenters. The summed E-state index contributed by atoms with van der Waals surface area (Å²) in [5, 5.41) is 3.46. The van der Waals surface area contributed by atoms with Gasteiger partial charge in [-0.3, -0.25) is 0 Å². The molecule has 2 aromatic carbocycles. The van der Waals surface area contributed by atoms with Gasteiger partial charge in [0.1, 0.15) is 6.26 Å². The van der Waals surface area contributed by atoms with Gasteiger partial charge in [0.15, 0.2) is 6.23 Å². The van der Waals surface area contributed by atoms with Gasteiger partial charge in [-0.2, -0.15) is 0 Å². The molecule has 0 amide bonds. The van der Waals surface area contributed by atoms with Gasteiger partial charge >= 0.3 is 0 Å². The predicted octanol–water partition coefficient (Wildman–Crippen LogP) is 6.35. The molecule has 0 bridgehead atoms. The summed E-state index contributed by atoms with van der Waals surface area (Å²) in [5.74, 6) is 0.405. The molecule has 0 saturated carbocycles. The van der Waals surface area contributed by atoms with Crippen LogP contribution in [0.1, 0.15) is 61.2 Å². The highest BCUT2D eigenvalue weighted by Crippen LogP contribution is 2.28. The highest BCUT2D eigenvalue weighted by Gasteiger charge is 2.21. The Balaban J connectivity index is 1.72. The zero-order chi connectivity index (χ0) is 20.8. The number of rotatable bonds is 9. The molecule has 1 N–H and O–H groups in total. The first kappa shape index (κ1) is 21.4. The molecule has 0 aliphatic carbocycles. The summed E-state index contributed by atoms with van der Waals surface area (Å²) in [6.45, 7) is 6.41. The largest absolute Gasteiger partial charge is 0.472 e. The number of hydrogen-bond donors (Lipinski definition) is 1. The molecule has 29 heavy (non-hydrogen) atoms. The predicted molar refractivity (Wildman–Crippen MR) is 114 cm³/mol. The Morgan fingerprint density at radius 1 is 0.966 bits per heavy atom. The van der Waals surface area contributed by atoms with Crippen molar-refractivity contribution in [2.75, 3.05) is 0 Å². The van der Waals surface area contributed by atoms with Crippen LogP contribution in [0, 0.1) is 5.92 Å². The normalized spacial score (nSPS) is 16.1. The van der Waals surface area contributed by atoms with Crippen molar-refractivity contribution in [1.82, 2.24) is 5.32 Å². The fraction of sp³-hybridized carbons (Fsp3) is 0.440. The van der Waals surface area contributed by atoms with Crippen LogP contribution in [-0.2, 0) is 30.4 Å². The van der Waals surface area contributed by atoms with Crippen molar-refractivity contribution in [1.29, 1.82) is 0 Å². The van der Waals surface area contributed by atoms with E-state index in [0.717, 1.165) is 48.1 Å². The van der Waals surface area contributed by atoms with E-state index in [1.54, 1.807) is 6.26 Å². The summed E-state index contributed by atoms with van der Waals surface area (Å²) in [6.07, 6.45) is 2.77. The maximum Gasteiger partial charge on any atom is 0.242 e. The van der Waals surface area contributed by atoms with Crippen LogP contribution in [0.4, 0.5) is 8.78 Å². The average Bonchev–Trinajstić information content (AvgIpc) is 3.13. The molecule has 0 radical (unpaired) electrons. The fourth-order valence-corrected chi connectivity index (χ4v) is 3.89. The monoisotopic (exact) mass is 399 g/mol. The van der Waals surface area contributed by atoms with Gasteiger partial charge in [0.25, 0.3) is 0 Å². The van der Waals surface area contributed by atoms with Crippen molar-refractivity contribution in [3.05, 3.63) is 82.2 Å². The lowest BCUT2D eigenvalue weighted by molar-refractivity contribution is 0.148. The SMILES string of the molecule is CCCc1ccccc1CC1=COC(c2ccc(CC(F)F)c(CC(C)C)c2)N1. The third kappa shape index (κ3) is 5.81. The second kappa shape index (κ2) is 9.91. The molecule has 0 spiro atoms. The van der Waals surface area contributed by atoms with Gasteiger partial charge in [-0.1, -0.05) is 63.6 Å². The van der Waals surface area contributed by atoms with Crippen LogP contribution in [0.2, 0.25) is 0 Å². The number of ether oxygens (including phenoxy) is 1. The van der Waals surface area contributed by atoms with Gasteiger partial charge < -0.3 is 10.1 Å². The van der Waals surface area contributed by atoms with E-state index in [0.29, 0.717) is 5.92 Å². The first-order valence-corrected chi connectivity index (χ1v) is 10.5. The lowest BCUT2D eigenvalue weighted by Gasteiger charge is -2.18. The molecule has 1 heterocycles. The Labute approximate surface area is 173 Å². The molecule has 0 fully saturated rings. The van der Waals surface area contributed by atoms with Crippen LogP contribution < -0.4 is 5.32 Å². The minimum Gasteiger partial charge on any atom is -0.472 e. The summed E-state index contributed by atoms with van der Waals surface area (Å²) < 4.78 is 31.8. The number of halogens is 2. The molecule has 0 aromatic heterocycles. The fourth-order valence-electron chi connectivity index (χ4n) is 3.89. The quantitative estimate of drug-likeness (QED) is 0.531. The van der Waals surface area contributed by atoms with E-state index in [1.165, 1.54) is 11.1 Å². The topological polar surface area (TPSA) is 21.3 Å². The molecule has 2 nitrogen and oxygen atoms in total. The van der Waals surface area contributed by atoms with Gasteiger partial charge in [-0.15, -0.1) is 0 Å². The number of benzene rings is 2. The molecule has 4 heteroatoms. The Hall–Kier alpha value is -2.36. The van der Waals surface area contributed by atoms with Crippen molar-refractivity contribution < 1.29 is 13.5 Å². The van der Waals surface area contributed by atoms with Crippen molar-refractivity contribution in [3.8, 4) is 0 Å². The van der Waals surface area contributed by atoms with Gasteiger partial charge in [0.2, 0.25) is 6.43 Å². The number of allylic oxidation sites excluding steroid dienone is 1. The van der Waals surface area contributed by atoms with E-state index in [-0.39, 0.29) is 12.6 Å². The number of hydrogen-bond acceptors (Lipinski definition) is 2. The summed E-state index contributed by atoms with van der Waals surface area (Å²) in [5.41, 5.74) is 6.43. The lowest BCUT2D eigenvalue weighted by atomic mass is 9.94. The molecule has 1 aliphatic rings. The highest BCUT2D eigenvalue weighted by atomic mass is 19.3. The first-order chi connectivity index (χ1) is 14.0. The van der Waals surface area contributed by atoms with Crippen LogP contribution >= 0.6 is 0 Å². The zero-order valence-corrected chi connectivity index (χ0v) is 17.6. The minimum atomic E-state index is -2.33. The van der Waals surface area contributed by atoms with Gasteiger partial charge in [-0.05, 0) is 47.1 Å². The molecular weight excluding hydrogens is 368 g/mol. The summed E-state index contributed by atoms with van der Waals surface area (Å²) in [4.78, 5) is 0. The number of aryl methyl sites for hydroxylation is 1. The van der Waals surface area contributed by atoms with Crippen molar-refractivity contribution >= 4 is 0 Å². The molecule has 2 aromatic rings. The Morgan fingerprint density at radius 2 is 1.72 bits per heavy atom. The highest BCUT2D eigenvalue weighted by molar-refractivity contribution is 5.36. The summed E-state index contributed by atoms with van der Waals surface area (Å²) in [6, 6.07) is 14.3. The molecule has 1 aliphatic heterocycles. The summed E-state index contributed by atoms with van der Waals surface area (Å²) in [7, 11) is 0. The van der Waals surface area contributed by atoms with E-state index in [4.69, 9.17) is 4.74 Å². The third-order valence-corrected chi connectivity index (χ3v) is 5.22. The Bertz CT molecular complexity index is 844. The van der Waals surface area contributed by atoms with E-state index in [9.17, 15) is 8.78 Å². The third-order valence-electron chi connectivity index (χ3n) is 5.22. The zero-order valence-electron chi connectivity index (χ0n) is 17.6. The molecule has 3 rings (SSSR count). The van der Waals surface area contributed by atoms with Crippen molar-refractivity contribution in [2.24, 2.45) is 5.92 Å². The van der Waals surface area contributed by atoms with Crippen LogP contribution in [0.15, 0.2) is 54.4 Å². The minimum absolute atomic E-state index is 0.195. The van der Waals surface area contributed by atoms with Gasteiger partial charge in [0.05, 0.1) is 5.70 Å². The van der Waals surface area contributed by atoms with Gasteiger partial charge in [-0.25, -0.2) is 8.78 Å². The number of nitrogens with one attached hydrogen (secondary N) is 1. The van der Waals surface area contributed by atoms with Gasteiger partial charge in [0, 0.05) is 18.4 Å². The van der Waals surface area contributed by atoms with Crippen molar-refractivity contribution in [3.63, 3.8) is 0 Å². The Kier molecular flexibility index (Phi) is 7.29.